The monoisotopic (exact) mass is 299 g/mol. The van der Waals surface area contributed by atoms with Crippen molar-refractivity contribution in [1.29, 1.82) is 0 Å². The summed E-state index contributed by atoms with van der Waals surface area (Å²) >= 11 is 0. The number of hydrogen-bond acceptors (Lipinski definition) is 5. The number of rotatable bonds is 2. The second-order valence-electron chi connectivity index (χ2n) is 5.28. The van der Waals surface area contributed by atoms with Crippen molar-refractivity contribution in [2.24, 2.45) is 0 Å². The molecule has 1 unspecified atom stereocenters. The fraction of sp³-hybridized carbons (Fsp3) is 0.294. The number of para-hydroxylation sites is 1. The number of benzene rings is 1. The highest BCUT2D eigenvalue weighted by molar-refractivity contribution is 6.02. The predicted octanol–water partition coefficient (Wildman–Crippen LogP) is 2.40. The third-order valence-electron chi connectivity index (χ3n) is 3.91. The zero-order chi connectivity index (χ0) is 15.9. The van der Waals surface area contributed by atoms with Crippen LogP contribution in [0.25, 0.3) is 0 Å². The van der Waals surface area contributed by atoms with Crippen LogP contribution in [0.4, 0.5) is 0 Å². The lowest BCUT2D eigenvalue weighted by Gasteiger charge is -2.34. The van der Waals surface area contributed by atoms with Gasteiger partial charge in [-0.1, -0.05) is 18.2 Å². The van der Waals surface area contributed by atoms with Gasteiger partial charge in [-0.15, -0.1) is 0 Å². The Balaban J connectivity index is 2.21. The molecule has 2 heterocycles. The normalized spacial score (nSPS) is 20.0. The molecule has 3 rings (SSSR count). The van der Waals surface area contributed by atoms with Crippen LogP contribution < -0.4 is 10.1 Å². The van der Waals surface area contributed by atoms with Crippen molar-refractivity contribution in [2.75, 3.05) is 6.61 Å². The van der Waals surface area contributed by atoms with Crippen LogP contribution in [0.1, 0.15) is 32.3 Å². The Morgan fingerprint density at radius 2 is 2.00 bits per heavy atom. The lowest BCUT2D eigenvalue weighted by Crippen LogP contribution is -2.36. The van der Waals surface area contributed by atoms with Crippen molar-refractivity contribution in [3.8, 4) is 5.75 Å². The van der Waals surface area contributed by atoms with Gasteiger partial charge in [0.25, 0.3) is 0 Å². The molecule has 1 N–H and O–H groups in total. The lowest BCUT2D eigenvalue weighted by molar-refractivity contribution is -0.139. The minimum atomic E-state index is -0.447. The van der Waals surface area contributed by atoms with Gasteiger partial charge in [0.15, 0.2) is 0 Å². The number of allylic oxidation sites excluding steroid dienone is 2. The van der Waals surface area contributed by atoms with Crippen LogP contribution in [0.15, 0.2) is 46.8 Å². The number of carbonyl (C=O) groups is 2. The maximum absolute atomic E-state index is 12.4. The van der Waals surface area contributed by atoms with Gasteiger partial charge >= 0.3 is 11.9 Å². The molecule has 1 aromatic carbocycles. The number of nitrogens with one attached hydrogen (secondary N) is 1. The van der Waals surface area contributed by atoms with Crippen molar-refractivity contribution in [2.45, 2.75) is 26.7 Å². The van der Waals surface area contributed by atoms with Gasteiger partial charge in [-0.2, -0.15) is 0 Å². The van der Waals surface area contributed by atoms with E-state index in [1.807, 2.05) is 26.0 Å². The highest BCUT2D eigenvalue weighted by Gasteiger charge is 2.42. The Morgan fingerprint density at radius 1 is 1.27 bits per heavy atom. The lowest BCUT2D eigenvalue weighted by atomic mass is 9.79. The van der Waals surface area contributed by atoms with Gasteiger partial charge in [0.05, 0.1) is 23.7 Å². The van der Waals surface area contributed by atoms with E-state index in [1.165, 1.54) is 0 Å². The van der Waals surface area contributed by atoms with E-state index in [0.717, 1.165) is 5.56 Å². The van der Waals surface area contributed by atoms with E-state index in [0.29, 0.717) is 28.3 Å². The zero-order valence-corrected chi connectivity index (χ0v) is 12.7. The molecule has 22 heavy (non-hydrogen) atoms. The SMILES string of the molecule is CCOC(=O)C1=C(C)NC(C)=C2C(=O)Oc3ccccc3C12. The molecule has 0 aliphatic carbocycles. The standard InChI is InChI=1S/C17H17NO4/c1-4-21-16(19)13-9(2)18-10(3)14-15(13)11-7-5-6-8-12(11)22-17(14)20/h5-8,15,18H,4H2,1-3H3. The van der Waals surface area contributed by atoms with Gasteiger partial charge in [-0.25, -0.2) is 9.59 Å². The number of ether oxygens (including phenoxy) is 2. The van der Waals surface area contributed by atoms with Crippen LogP contribution in [-0.2, 0) is 14.3 Å². The number of esters is 2. The molecule has 114 valence electrons. The molecule has 0 saturated carbocycles. The van der Waals surface area contributed by atoms with E-state index < -0.39 is 17.9 Å². The summed E-state index contributed by atoms with van der Waals surface area (Å²) in [7, 11) is 0. The third-order valence-corrected chi connectivity index (χ3v) is 3.91. The molecule has 0 aromatic heterocycles. The van der Waals surface area contributed by atoms with Crippen LogP contribution in [-0.4, -0.2) is 18.5 Å². The van der Waals surface area contributed by atoms with E-state index in [4.69, 9.17) is 9.47 Å². The van der Waals surface area contributed by atoms with Crippen molar-refractivity contribution >= 4 is 11.9 Å². The van der Waals surface area contributed by atoms with Crippen LogP contribution in [0, 0.1) is 0 Å². The maximum Gasteiger partial charge on any atom is 0.342 e. The number of carbonyl (C=O) groups excluding carboxylic acids is 2. The quantitative estimate of drug-likeness (QED) is 0.671. The van der Waals surface area contributed by atoms with Gasteiger partial charge < -0.3 is 14.8 Å². The smallest absolute Gasteiger partial charge is 0.342 e. The summed E-state index contributed by atoms with van der Waals surface area (Å²) in [4.78, 5) is 24.7. The van der Waals surface area contributed by atoms with Gasteiger partial charge in [-0.3, -0.25) is 0 Å². The first kappa shape index (κ1) is 14.4. The Bertz CT molecular complexity index is 730. The topological polar surface area (TPSA) is 64.6 Å². The van der Waals surface area contributed by atoms with E-state index in [9.17, 15) is 9.59 Å². The van der Waals surface area contributed by atoms with E-state index >= 15 is 0 Å². The number of fused-ring (bicyclic) bond motifs is 3. The fourth-order valence-electron chi connectivity index (χ4n) is 3.02. The molecular weight excluding hydrogens is 282 g/mol. The summed E-state index contributed by atoms with van der Waals surface area (Å²) in [5.41, 5.74) is 3.14. The van der Waals surface area contributed by atoms with Crippen molar-refractivity contribution in [3.63, 3.8) is 0 Å². The van der Waals surface area contributed by atoms with Crippen molar-refractivity contribution < 1.29 is 19.1 Å². The zero-order valence-electron chi connectivity index (χ0n) is 12.7. The van der Waals surface area contributed by atoms with Crippen LogP contribution in [0.2, 0.25) is 0 Å². The van der Waals surface area contributed by atoms with Gasteiger partial charge in [0, 0.05) is 17.0 Å². The second kappa shape index (κ2) is 5.33. The summed E-state index contributed by atoms with van der Waals surface area (Å²) in [5, 5.41) is 3.09. The molecule has 0 amide bonds. The first-order chi connectivity index (χ1) is 10.5. The third kappa shape index (κ3) is 2.09. The van der Waals surface area contributed by atoms with Crippen molar-refractivity contribution in [1.82, 2.24) is 5.32 Å². The summed E-state index contributed by atoms with van der Waals surface area (Å²) in [6, 6.07) is 7.28. The minimum absolute atomic E-state index is 0.284. The molecule has 2 aliphatic rings. The predicted molar refractivity (Wildman–Crippen MR) is 80.0 cm³/mol. The Labute approximate surface area is 128 Å². The van der Waals surface area contributed by atoms with Crippen LogP contribution >= 0.6 is 0 Å². The Kier molecular flexibility index (Phi) is 3.48. The summed E-state index contributed by atoms with van der Waals surface area (Å²) in [6.45, 7) is 5.67. The Hall–Kier alpha value is -2.56. The highest BCUT2D eigenvalue weighted by Crippen LogP contribution is 2.45. The van der Waals surface area contributed by atoms with Gasteiger partial charge in [-0.05, 0) is 26.8 Å². The number of dihydropyridines is 1. The van der Waals surface area contributed by atoms with E-state index in [2.05, 4.69) is 5.32 Å². The van der Waals surface area contributed by atoms with Gasteiger partial charge in [0.2, 0.25) is 0 Å². The average Bonchev–Trinajstić information content (AvgIpc) is 2.46. The van der Waals surface area contributed by atoms with Crippen LogP contribution in [0.3, 0.4) is 0 Å². The highest BCUT2D eigenvalue weighted by atomic mass is 16.5. The van der Waals surface area contributed by atoms with E-state index in [-0.39, 0.29) is 6.61 Å². The fourth-order valence-corrected chi connectivity index (χ4v) is 3.02. The largest absolute Gasteiger partial charge is 0.463 e. The van der Waals surface area contributed by atoms with Gasteiger partial charge in [0.1, 0.15) is 5.75 Å². The van der Waals surface area contributed by atoms with Crippen LogP contribution in [0.5, 0.6) is 5.75 Å². The molecule has 0 fully saturated rings. The second-order valence-corrected chi connectivity index (χ2v) is 5.28. The summed E-state index contributed by atoms with van der Waals surface area (Å²) in [5.74, 6) is -0.793. The molecule has 0 spiro atoms. The summed E-state index contributed by atoms with van der Waals surface area (Å²) in [6.07, 6.45) is 0. The molecule has 0 bridgehead atoms. The maximum atomic E-state index is 12.4. The first-order valence-corrected chi connectivity index (χ1v) is 7.21. The Morgan fingerprint density at radius 3 is 2.73 bits per heavy atom. The molecule has 5 nitrogen and oxygen atoms in total. The van der Waals surface area contributed by atoms with Crippen molar-refractivity contribution in [3.05, 3.63) is 52.4 Å². The molecular formula is C17H17NO4. The molecule has 1 atom stereocenters. The molecule has 2 aliphatic heterocycles. The molecule has 1 aromatic rings. The molecule has 0 radical (unpaired) electrons. The average molecular weight is 299 g/mol. The first-order valence-electron chi connectivity index (χ1n) is 7.21. The molecule has 0 saturated heterocycles. The molecule has 5 heteroatoms. The van der Waals surface area contributed by atoms with E-state index in [1.54, 1.807) is 19.1 Å². The minimum Gasteiger partial charge on any atom is -0.463 e. The summed E-state index contributed by atoms with van der Waals surface area (Å²) < 4.78 is 10.6. The number of hydrogen-bond donors (Lipinski definition) is 1.